The quantitative estimate of drug-likeness (QED) is 0.597. The second-order valence-corrected chi connectivity index (χ2v) is 5.20. The largest absolute Gasteiger partial charge is 0.399 e. The predicted octanol–water partition coefficient (Wildman–Crippen LogP) is 5.38. The van der Waals surface area contributed by atoms with Gasteiger partial charge in [-0.25, -0.2) is 0 Å². The fraction of sp³-hybridized carbons (Fsp3) is 0. The van der Waals surface area contributed by atoms with Crippen LogP contribution in [-0.2, 0) is 0 Å². The van der Waals surface area contributed by atoms with Crippen LogP contribution in [0.25, 0.3) is 11.1 Å². The Balaban J connectivity index is 0.000000160. The van der Waals surface area contributed by atoms with Crippen molar-refractivity contribution in [3.63, 3.8) is 0 Å². The Morgan fingerprint density at radius 1 is 0.550 bits per heavy atom. The molecular formula is C18H16BrN. The first-order chi connectivity index (χ1) is 9.75. The zero-order valence-electron chi connectivity index (χ0n) is 11.0. The number of halogens is 1. The molecule has 0 radical (unpaired) electrons. The highest BCUT2D eigenvalue weighted by atomic mass is 79.9. The average Bonchev–Trinajstić information content (AvgIpc) is 2.53. The molecule has 0 aliphatic rings. The van der Waals surface area contributed by atoms with Crippen molar-refractivity contribution < 1.29 is 0 Å². The Bertz CT molecular complexity index is 560. The van der Waals surface area contributed by atoms with Gasteiger partial charge in [-0.15, -0.1) is 0 Å². The third-order valence-electron chi connectivity index (χ3n) is 2.75. The molecule has 0 amide bonds. The van der Waals surface area contributed by atoms with Crippen molar-refractivity contribution in [1.82, 2.24) is 0 Å². The lowest BCUT2D eigenvalue weighted by Gasteiger charge is -1.98. The van der Waals surface area contributed by atoms with Crippen LogP contribution in [0.2, 0.25) is 0 Å². The highest BCUT2D eigenvalue weighted by molar-refractivity contribution is 9.10. The van der Waals surface area contributed by atoms with Crippen molar-refractivity contribution in [3.8, 4) is 11.1 Å². The lowest BCUT2D eigenvalue weighted by Crippen LogP contribution is -1.80. The predicted molar refractivity (Wildman–Crippen MR) is 90.4 cm³/mol. The summed E-state index contributed by atoms with van der Waals surface area (Å²) in [4.78, 5) is 0. The van der Waals surface area contributed by atoms with E-state index in [0.717, 1.165) is 10.2 Å². The van der Waals surface area contributed by atoms with Crippen LogP contribution in [0.5, 0.6) is 0 Å². The zero-order valence-corrected chi connectivity index (χ0v) is 12.6. The average molecular weight is 326 g/mol. The molecule has 2 heteroatoms. The van der Waals surface area contributed by atoms with E-state index in [2.05, 4.69) is 64.5 Å². The molecular weight excluding hydrogens is 310 g/mol. The molecule has 2 N–H and O–H groups in total. The smallest absolute Gasteiger partial charge is 0.0314 e. The Labute approximate surface area is 128 Å². The lowest BCUT2D eigenvalue weighted by molar-refractivity contribution is 1.62. The van der Waals surface area contributed by atoms with Crippen LogP contribution in [-0.4, -0.2) is 0 Å². The number of nitrogen functional groups attached to an aromatic ring is 1. The number of nitrogens with two attached hydrogens (primary N) is 1. The minimum absolute atomic E-state index is 0.799. The summed E-state index contributed by atoms with van der Waals surface area (Å²) in [7, 11) is 0. The molecule has 0 aliphatic heterocycles. The molecule has 0 bridgehead atoms. The molecule has 0 saturated carbocycles. The van der Waals surface area contributed by atoms with Crippen LogP contribution in [0.1, 0.15) is 0 Å². The van der Waals surface area contributed by atoms with Gasteiger partial charge in [0, 0.05) is 10.2 Å². The lowest BCUT2D eigenvalue weighted by atomic mass is 10.1. The molecule has 0 aliphatic carbocycles. The third-order valence-corrected chi connectivity index (χ3v) is 3.28. The van der Waals surface area contributed by atoms with E-state index in [1.807, 2.05) is 36.4 Å². The van der Waals surface area contributed by atoms with Crippen molar-refractivity contribution in [2.24, 2.45) is 0 Å². The van der Waals surface area contributed by atoms with E-state index in [0.29, 0.717) is 0 Å². The van der Waals surface area contributed by atoms with Crippen molar-refractivity contribution in [3.05, 3.63) is 89.4 Å². The Hall–Kier alpha value is -2.06. The normalized spacial score (nSPS) is 9.45. The van der Waals surface area contributed by atoms with Crippen molar-refractivity contribution in [1.29, 1.82) is 0 Å². The zero-order chi connectivity index (χ0) is 14.2. The summed E-state index contributed by atoms with van der Waals surface area (Å²) in [6.45, 7) is 0. The molecule has 3 aromatic rings. The van der Waals surface area contributed by atoms with E-state index < -0.39 is 0 Å². The van der Waals surface area contributed by atoms with Crippen molar-refractivity contribution >= 4 is 21.6 Å². The van der Waals surface area contributed by atoms with Gasteiger partial charge in [0.25, 0.3) is 0 Å². The van der Waals surface area contributed by atoms with Gasteiger partial charge in [-0.3, -0.25) is 0 Å². The maximum Gasteiger partial charge on any atom is 0.0314 e. The van der Waals surface area contributed by atoms with E-state index in [-0.39, 0.29) is 0 Å². The highest BCUT2D eigenvalue weighted by Gasteiger charge is 1.91. The second-order valence-electron chi connectivity index (χ2n) is 4.28. The van der Waals surface area contributed by atoms with Crippen molar-refractivity contribution in [2.45, 2.75) is 0 Å². The first kappa shape index (κ1) is 14.4. The molecule has 0 heterocycles. The summed E-state index contributed by atoms with van der Waals surface area (Å²) in [6.07, 6.45) is 0. The minimum atomic E-state index is 0.799. The van der Waals surface area contributed by atoms with Crippen LogP contribution in [0.4, 0.5) is 5.69 Å². The van der Waals surface area contributed by atoms with Crippen LogP contribution >= 0.6 is 15.9 Å². The Kier molecular flexibility index (Phi) is 5.39. The molecule has 100 valence electrons. The Morgan fingerprint density at radius 2 is 0.950 bits per heavy atom. The molecule has 0 aromatic heterocycles. The molecule has 0 atom stereocenters. The number of hydrogen-bond donors (Lipinski definition) is 1. The van der Waals surface area contributed by atoms with E-state index >= 15 is 0 Å². The molecule has 0 unspecified atom stereocenters. The number of benzene rings is 3. The highest BCUT2D eigenvalue weighted by Crippen LogP contribution is 2.17. The molecule has 3 aromatic carbocycles. The third kappa shape index (κ3) is 4.56. The van der Waals surface area contributed by atoms with Gasteiger partial charge in [0.05, 0.1) is 0 Å². The number of hydrogen-bond acceptors (Lipinski definition) is 1. The van der Waals surface area contributed by atoms with E-state index in [9.17, 15) is 0 Å². The number of anilines is 1. The van der Waals surface area contributed by atoms with Crippen LogP contribution in [0.3, 0.4) is 0 Å². The van der Waals surface area contributed by atoms with Gasteiger partial charge in [-0.05, 0) is 35.4 Å². The SMILES string of the molecule is Nc1ccc(Br)cc1.c1ccc(-c2ccccc2)cc1. The Morgan fingerprint density at radius 3 is 1.30 bits per heavy atom. The summed E-state index contributed by atoms with van der Waals surface area (Å²) >= 11 is 3.29. The first-order valence-electron chi connectivity index (χ1n) is 6.37. The monoisotopic (exact) mass is 325 g/mol. The van der Waals surface area contributed by atoms with E-state index in [1.165, 1.54) is 11.1 Å². The van der Waals surface area contributed by atoms with Crippen molar-refractivity contribution in [2.75, 3.05) is 5.73 Å². The van der Waals surface area contributed by atoms with Gasteiger partial charge >= 0.3 is 0 Å². The molecule has 0 spiro atoms. The summed E-state index contributed by atoms with van der Waals surface area (Å²) in [6, 6.07) is 28.3. The topological polar surface area (TPSA) is 26.0 Å². The summed E-state index contributed by atoms with van der Waals surface area (Å²) in [5.74, 6) is 0. The van der Waals surface area contributed by atoms with Gasteiger partial charge in [0.1, 0.15) is 0 Å². The molecule has 0 saturated heterocycles. The minimum Gasteiger partial charge on any atom is -0.399 e. The van der Waals surface area contributed by atoms with Gasteiger partial charge < -0.3 is 5.73 Å². The van der Waals surface area contributed by atoms with E-state index in [1.54, 1.807) is 0 Å². The molecule has 1 nitrogen and oxygen atoms in total. The fourth-order valence-electron chi connectivity index (χ4n) is 1.72. The maximum absolute atomic E-state index is 5.41. The number of rotatable bonds is 1. The van der Waals surface area contributed by atoms with Crippen LogP contribution in [0, 0.1) is 0 Å². The standard InChI is InChI=1S/C12H10.C6H6BrN/c1-3-7-11(8-4-1)12-9-5-2-6-10-12;7-5-1-3-6(8)4-2-5/h1-10H;1-4H,8H2. The summed E-state index contributed by atoms with van der Waals surface area (Å²) in [5.41, 5.74) is 8.76. The van der Waals surface area contributed by atoms with Gasteiger partial charge in [0.2, 0.25) is 0 Å². The van der Waals surface area contributed by atoms with E-state index in [4.69, 9.17) is 5.73 Å². The van der Waals surface area contributed by atoms with Crippen LogP contribution < -0.4 is 5.73 Å². The summed E-state index contributed by atoms with van der Waals surface area (Å²) in [5, 5.41) is 0. The fourth-order valence-corrected chi connectivity index (χ4v) is 1.99. The molecule has 3 rings (SSSR count). The molecule has 0 fully saturated rings. The van der Waals surface area contributed by atoms with Crippen LogP contribution in [0.15, 0.2) is 89.4 Å². The van der Waals surface area contributed by atoms with Gasteiger partial charge in [0.15, 0.2) is 0 Å². The summed E-state index contributed by atoms with van der Waals surface area (Å²) < 4.78 is 1.06. The van der Waals surface area contributed by atoms with Gasteiger partial charge in [-0.2, -0.15) is 0 Å². The first-order valence-corrected chi connectivity index (χ1v) is 7.16. The second kappa shape index (κ2) is 7.51. The van der Waals surface area contributed by atoms with Gasteiger partial charge in [-0.1, -0.05) is 76.6 Å². The molecule has 20 heavy (non-hydrogen) atoms. The maximum atomic E-state index is 5.41.